The number of hydrogen-bond acceptors (Lipinski definition) is 2. The lowest BCUT2D eigenvalue weighted by Gasteiger charge is -2.26. The van der Waals surface area contributed by atoms with Crippen LogP contribution in [0.2, 0.25) is 0 Å². The van der Waals surface area contributed by atoms with E-state index in [2.05, 4.69) is 20.8 Å². The third-order valence-electron chi connectivity index (χ3n) is 2.97. The van der Waals surface area contributed by atoms with Crippen LogP contribution in [0, 0.1) is 5.92 Å². The van der Waals surface area contributed by atoms with Gasteiger partial charge in [0.15, 0.2) is 0 Å². The molecule has 0 bridgehead atoms. The van der Waals surface area contributed by atoms with Gasteiger partial charge in [-0.05, 0) is 32.6 Å². The van der Waals surface area contributed by atoms with Gasteiger partial charge in [0, 0.05) is 6.61 Å². The molecule has 0 aliphatic carbocycles. The van der Waals surface area contributed by atoms with Crippen molar-refractivity contribution >= 4 is 0 Å². The van der Waals surface area contributed by atoms with E-state index in [1.807, 2.05) is 0 Å². The second kappa shape index (κ2) is 2.71. The molecule has 2 nitrogen and oxygen atoms in total. The summed E-state index contributed by atoms with van der Waals surface area (Å²) in [6.07, 6.45) is 3.11. The van der Waals surface area contributed by atoms with Crippen molar-refractivity contribution in [1.29, 1.82) is 0 Å². The second-order valence-electron chi connectivity index (χ2n) is 4.68. The summed E-state index contributed by atoms with van der Waals surface area (Å²) in [5.41, 5.74) is 0.0850. The number of hydrogen-bond donors (Lipinski definition) is 0. The van der Waals surface area contributed by atoms with E-state index < -0.39 is 0 Å². The molecule has 0 N–H and O–H groups in total. The van der Waals surface area contributed by atoms with E-state index in [9.17, 15) is 0 Å². The van der Waals surface area contributed by atoms with E-state index in [4.69, 9.17) is 9.47 Å². The lowest BCUT2D eigenvalue weighted by molar-refractivity contribution is -0.0199. The SMILES string of the molecule is C[C@H]1CCO[C@H]([C@H]2OC2(C)C)C1. The van der Waals surface area contributed by atoms with Gasteiger partial charge in [-0.1, -0.05) is 6.92 Å². The van der Waals surface area contributed by atoms with E-state index in [0.29, 0.717) is 12.2 Å². The van der Waals surface area contributed by atoms with Crippen LogP contribution in [0.1, 0.15) is 33.6 Å². The van der Waals surface area contributed by atoms with Gasteiger partial charge in [0.05, 0.1) is 11.7 Å². The second-order valence-corrected chi connectivity index (χ2v) is 4.68. The fourth-order valence-corrected chi connectivity index (χ4v) is 2.03. The van der Waals surface area contributed by atoms with Crippen LogP contribution in [0.15, 0.2) is 0 Å². The summed E-state index contributed by atoms with van der Waals surface area (Å²) in [4.78, 5) is 0. The molecule has 0 unspecified atom stereocenters. The molecule has 2 saturated heterocycles. The zero-order valence-corrected chi connectivity index (χ0v) is 8.17. The highest BCUT2D eigenvalue weighted by molar-refractivity contribution is 5.00. The number of ether oxygens (including phenoxy) is 2. The summed E-state index contributed by atoms with van der Waals surface area (Å²) < 4.78 is 11.3. The van der Waals surface area contributed by atoms with Gasteiger partial charge in [-0.15, -0.1) is 0 Å². The minimum Gasteiger partial charge on any atom is -0.375 e. The molecule has 2 heteroatoms. The van der Waals surface area contributed by atoms with Gasteiger partial charge in [-0.3, -0.25) is 0 Å². The summed E-state index contributed by atoms with van der Waals surface area (Å²) >= 11 is 0. The Morgan fingerprint density at radius 1 is 1.33 bits per heavy atom. The van der Waals surface area contributed by atoms with Crippen molar-refractivity contribution in [3.8, 4) is 0 Å². The molecule has 70 valence electrons. The van der Waals surface area contributed by atoms with E-state index in [1.54, 1.807) is 0 Å². The van der Waals surface area contributed by atoms with Crippen molar-refractivity contribution in [3.05, 3.63) is 0 Å². The van der Waals surface area contributed by atoms with Crippen LogP contribution in [0.25, 0.3) is 0 Å². The first-order valence-electron chi connectivity index (χ1n) is 4.89. The summed E-state index contributed by atoms with van der Waals surface area (Å²) in [5.74, 6) is 0.809. The van der Waals surface area contributed by atoms with Crippen molar-refractivity contribution in [3.63, 3.8) is 0 Å². The average Bonchev–Trinajstić information content (AvgIpc) is 2.60. The number of epoxide rings is 1. The molecule has 0 saturated carbocycles. The van der Waals surface area contributed by atoms with Crippen LogP contribution in [0.4, 0.5) is 0 Å². The van der Waals surface area contributed by atoms with Gasteiger partial charge < -0.3 is 9.47 Å². The first-order chi connectivity index (χ1) is 5.59. The lowest BCUT2D eigenvalue weighted by Crippen LogP contribution is -2.31. The molecule has 2 rings (SSSR count). The Morgan fingerprint density at radius 2 is 2.00 bits per heavy atom. The Bertz CT molecular complexity index is 177. The molecular weight excluding hydrogens is 152 g/mol. The summed E-state index contributed by atoms with van der Waals surface area (Å²) in [6.45, 7) is 7.49. The maximum Gasteiger partial charge on any atom is 0.113 e. The van der Waals surface area contributed by atoms with Crippen molar-refractivity contribution in [2.24, 2.45) is 5.92 Å². The Morgan fingerprint density at radius 3 is 2.50 bits per heavy atom. The maximum absolute atomic E-state index is 5.68. The third kappa shape index (κ3) is 1.50. The van der Waals surface area contributed by atoms with E-state index in [-0.39, 0.29) is 5.60 Å². The molecule has 12 heavy (non-hydrogen) atoms. The first-order valence-corrected chi connectivity index (χ1v) is 4.89. The summed E-state index contributed by atoms with van der Waals surface area (Å²) in [5, 5.41) is 0. The Kier molecular flexibility index (Phi) is 1.92. The smallest absolute Gasteiger partial charge is 0.113 e. The molecule has 0 radical (unpaired) electrons. The molecule has 0 aromatic carbocycles. The van der Waals surface area contributed by atoms with Crippen LogP contribution in [-0.4, -0.2) is 24.4 Å². The molecule has 0 aromatic heterocycles. The molecule has 3 atom stereocenters. The predicted molar refractivity (Wildman–Crippen MR) is 47.1 cm³/mol. The predicted octanol–water partition coefficient (Wildman–Crippen LogP) is 1.98. The van der Waals surface area contributed by atoms with Crippen LogP contribution >= 0.6 is 0 Å². The van der Waals surface area contributed by atoms with E-state index in [0.717, 1.165) is 12.5 Å². The molecule has 2 aliphatic heterocycles. The Hall–Kier alpha value is -0.0800. The summed E-state index contributed by atoms with van der Waals surface area (Å²) in [7, 11) is 0. The first kappa shape index (κ1) is 8.52. The normalized spacial score (nSPS) is 45.8. The topological polar surface area (TPSA) is 21.8 Å². The van der Waals surface area contributed by atoms with Crippen molar-refractivity contribution in [2.45, 2.75) is 51.4 Å². The largest absolute Gasteiger partial charge is 0.375 e. The van der Waals surface area contributed by atoms with Crippen LogP contribution in [0.3, 0.4) is 0 Å². The zero-order chi connectivity index (χ0) is 8.77. The molecule has 2 fully saturated rings. The molecule has 0 aromatic rings. The number of rotatable bonds is 1. The fraction of sp³-hybridized carbons (Fsp3) is 1.00. The molecule has 2 heterocycles. The van der Waals surface area contributed by atoms with Gasteiger partial charge in [-0.2, -0.15) is 0 Å². The standard InChI is InChI=1S/C10H18O2/c1-7-4-5-11-8(6-7)9-10(2,3)12-9/h7-9H,4-6H2,1-3H3/t7-,8-,9+/m0/s1. The molecule has 2 aliphatic rings. The minimum absolute atomic E-state index is 0.0850. The summed E-state index contributed by atoms with van der Waals surface area (Å²) in [6, 6.07) is 0. The molecule has 0 spiro atoms. The maximum atomic E-state index is 5.68. The molecule has 0 amide bonds. The van der Waals surface area contributed by atoms with Crippen molar-refractivity contribution in [2.75, 3.05) is 6.61 Å². The van der Waals surface area contributed by atoms with Gasteiger partial charge in [0.25, 0.3) is 0 Å². The van der Waals surface area contributed by atoms with Crippen LogP contribution in [-0.2, 0) is 9.47 Å². The highest BCUT2D eigenvalue weighted by atomic mass is 16.6. The quantitative estimate of drug-likeness (QED) is 0.561. The van der Waals surface area contributed by atoms with Gasteiger partial charge in [0.1, 0.15) is 6.10 Å². The highest BCUT2D eigenvalue weighted by Gasteiger charge is 2.53. The minimum atomic E-state index is 0.0850. The Labute approximate surface area is 74.2 Å². The monoisotopic (exact) mass is 170 g/mol. The van der Waals surface area contributed by atoms with Gasteiger partial charge in [0.2, 0.25) is 0 Å². The molecular formula is C10H18O2. The van der Waals surface area contributed by atoms with Crippen molar-refractivity contribution < 1.29 is 9.47 Å². The van der Waals surface area contributed by atoms with Crippen LogP contribution in [0.5, 0.6) is 0 Å². The van der Waals surface area contributed by atoms with Gasteiger partial charge >= 0.3 is 0 Å². The fourth-order valence-electron chi connectivity index (χ4n) is 2.03. The van der Waals surface area contributed by atoms with E-state index in [1.165, 1.54) is 12.8 Å². The van der Waals surface area contributed by atoms with Gasteiger partial charge in [-0.25, -0.2) is 0 Å². The average molecular weight is 170 g/mol. The lowest BCUT2D eigenvalue weighted by atomic mass is 9.93. The zero-order valence-electron chi connectivity index (χ0n) is 8.17. The highest BCUT2D eigenvalue weighted by Crippen LogP contribution is 2.42. The van der Waals surface area contributed by atoms with Crippen molar-refractivity contribution in [1.82, 2.24) is 0 Å². The van der Waals surface area contributed by atoms with Crippen LogP contribution < -0.4 is 0 Å². The third-order valence-corrected chi connectivity index (χ3v) is 2.97. The van der Waals surface area contributed by atoms with E-state index >= 15 is 0 Å². The Balaban J connectivity index is 1.89.